The van der Waals surface area contributed by atoms with Gasteiger partial charge in [-0.3, -0.25) is 4.79 Å². The van der Waals surface area contributed by atoms with Gasteiger partial charge in [0.15, 0.2) is 0 Å². The Bertz CT molecular complexity index is 542. The maximum absolute atomic E-state index is 12.4. The molecule has 1 aromatic carbocycles. The van der Waals surface area contributed by atoms with E-state index in [9.17, 15) is 14.7 Å². The molecule has 1 aromatic rings. The Hall–Kier alpha value is -1.88. The second-order valence-electron chi connectivity index (χ2n) is 5.96. The van der Waals surface area contributed by atoms with Gasteiger partial charge in [0.2, 0.25) is 5.91 Å². The highest BCUT2D eigenvalue weighted by Crippen LogP contribution is 2.24. The lowest BCUT2D eigenvalue weighted by atomic mass is 9.92. The normalized spacial score (nSPS) is 19.2. The van der Waals surface area contributed by atoms with E-state index in [1.807, 2.05) is 38.1 Å². The third-order valence-corrected chi connectivity index (χ3v) is 4.12. The van der Waals surface area contributed by atoms with Crippen LogP contribution in [0.25, 0.3) is 0 Å². The molecule has 0 aromatic heterocycles. The summed E-state index contributed by atoms with van der Waals surface area (Å²) in [5, 5.41) is 9.40. The van der Waals surface area contributed by atoms with Crippen LogP contribution in [0, 0.1) is 5.92 Å². The summed E-state index contributed by atoms with van der Waals surface area (Å²) in [5.41, 5.74) is 7.96. The molecule has 0 spiro atoms. The van der Waals surface area contributed by atoms with Gasteiger partial charge in [-0.05, 0) is 17.0 Å². The third kappa shape index (κ3) is 3.42. The number of hydrogen-bond donors (Lipinski definition) is 2. The topological polar surface area (TPSA) is 83.6 Å². The Morgan fingerprint density at radius 2 is 1.95 bits per heavy atom. The number of carbonyl (C=O) groups excluding carboxylic acids is 1. The van der Waals surface area contributed by atoms with Crippen LogP contribution in [0.3, 0.4) is 0 Å². The van der Waals surface area contributed by atoms with Crippen molar-refractivity contribution in [3.8, 4) is 0 Å². The van der Waals surface area contributed by atoms with Crippen LogP contribution in [0.5, 0.6) is 0 Å². The first-order valence-electron chi connectivity index (χ1n) is 7.24. The van der Waals surface area contributed by atoms with Gasteiger partial charge in [-0.1, -0.05) is 38.1 Å². The molecule has 2 rings (SSSR count). The lowest BCUT2D eigenvalue weighted by Crippen LogP contribution is -2.50. The van der Waals surface area contributed by atoms with E-state index < -0.39 is 12.0 Å². The van der Waals surface area contributed by atoms with Crippen LogP contribution in [-0.2, 0) is 22.6 Å². The van der Waals surface area contributed by atoms with Gasteiger partial charge in [0, 0.05) is 25.4 Å². The molecule has 5 nitrogen and oxygen atoms in total. The fraction of sp³-hybridized carbons (Fsp3) is 0.500. The number of hydrogen-bond acceptors (Lipinski definition) is 3. The van der Waals surface area contributed by atoms with Crippen LogP contribution in [0.2, 0.25) is 0 Å². The molecule has 114 valence electrons. The van der Waals surface area contributed by atoms with Gasteiger partial charge < -0.3 is 15.7 Å². The van der Waals surface area contributed by atoms with Crippen molar-refractivity contribution >= 4 is 11.9 Å². The van der Waals surface area contributed by atoms with Crippen molar-refractivity contribution in [2.24, 2.45) is 11.7 Å². The standard InChI is InChI=1S/C16H22N2O3/c1-10(2)13(17)8-15(19)18-9-12-6-4-3-5-11(12)7-14(18)16(20)21/h3-6,10,13-14H,7-9,17H2,1-2H3,(H,20,21). The van der Waals surface area contributed by atoms with Gasteiger partial charge in [0.05, 0.1) is 0 Å². The second kappa shape index (κ2) is 6.26. The quantitative estimate of drug-likeness (QED) is 0.878. The summed E-state index contributed by atoms with van der Waals surface area (Å²) in [6, 6.07) is 6.62. The summed E-state index contributed by atoms with van der Waals surface area (Å²) in [4.78, 5) is 25.3. The van der Waals surface area contributed by atoms with E-state index >= 15 is 0 Å². The molecular formula is C16H22N2O3. The van der Waals surface area contributed by atoms with E-state index in [1.165, 1.54) is 4.90 Å². The highest BCUT2D eigenvalue weighted by Gasteiger charge is 2.34. The number of carboxylic acid groups (broad SMARTS) is 1. The van der Waals surface area contributed by atoms with Gasteiger partial charge in [-0.2, -0.15) is 0 Å². The first-order valence-corrected chi connectivity index (χ1v) is 7.24. The van der Waals surface area contributed by atoms with Crippen LogP contribution >= 0.6 is 0 Å². The smallest absolute Gasteiger partial charge is 0.326 e. The maximum atomic E-state index is 12.4. The average molecular weight is 290 g/mol. The van der Waals surface area contributed by atoms with Crippen LogP contribution in [0.1, 0.15) is 31.4 Å². The lowest BCUT2D eigenvalue weighted by Gasteiger charge is -2.35. The zero-order chi connectivity index (χ0) is 15.6. The van der Waals surface area contributed by atoms with Crippen molar-refractivity contribution in [1.29, 1.82) is 0 Å². The number of amides is 1. The Morgan fingerprint density at radius 3 is 2.52 bits per heavy atom. The molecule has 21 heavy (non-hydrogen) atoms. The zero-order valence-corrected chi connectivity index (χ0v) is 12.5. The molecule has 0 bridgehead atoms. The highest BCUT2D eigenvalue weighted by atomic mass is 16.4. The van der Waals surface area contributed by atoms with Crippen molar-refractivity contribution in [3.63, 3.8) is 0 Å². The fourth-order valence-corrected chi connectivity index (χ4v) is 2.56. The van der Waals surface area contributed by atoms with Crippen molar-refractivity contribution in [3.05, 3.63) is 35.4 Å². The van der Waals surface area contributed by atoms with Crippen molar-refractivity contribution in [2.45, 2.75) is 45.3 Å². The molecule has 1 aliphatic rings. The minimum atomic E-state index is -0.962. The Morgan fingerprint density at radius 1 is 1.33 bits per heavy atom. The molecule has 5 heteroatoms. The number of aliphatic carboxylic acids is 1. The molecule has 1 amide bonds. The van der Waals surface area contributed by atoms with Crippen molar-refractivity contribution in [2.75, 3.05) is 0 Å². The summed E-state index contributed by atoms with van der Waals surface area (Å²) in [6.07, 6.45) is 0.539. The Balaban J connectivity index is 2.20. The van der Waals surface area contributed by atoms with Crippen molar-refractivity contribution in [1.82, 2.24) is 4.90 Å². The monoisotopic (exact) mass is 290 g/mol. The maximum Gasteiger partial charge on any atom is 0.326 e. The van der Waals surface area contributed by atoms with E-state index in [0.29, 0.717) is 13.0 Å². The predicted octanol–water partition coefficient (Wildman–Crippen LogP) is 1.40. The molecule has 1 aliphatic heterocycles. The van der Waals surface area contributed by atoms with Gasteiger partial charge >= 0.3 is 5.97 Å². The average Bonchev–Trinajstić information content (AvgIpc) is 2.45. The van der Waals surface area contributed by atoms with E-state index in [2.05, 4.69) is 0 Å². The summed E-state index contributed by atoms with van der Waals surface area (Å²) >= 11 is 0. The van der Waals surface area contributed by atoms with Crippen LogP contribution in [0.15, 0.2) is 24.3 Å². The Kier molecular flexibility index (Phi) is 4.63. The number of carbonyl (C=O) groups is 2. The van der Waals surface area contributed by atoms with E-state index in [1.54, 1.807) is 0 Å². The second-order valence-corrected chi connectivity index (χ2v) is 5.96. The Labute approximate surface area is 124 Å². The number of nitrogens with two attached hydrogens (primary N) is 1. The molecule has 0 fully saturated rings. The van der Waals surface area contributed by atoms with Crippen molar-refractivity contribution < 1.29 is 14.7 Å². The number of fused-ring (bicyclic) bond motifs is 1. The summed E-state index contributed by atoms with van der Waals surface area (Å²) in [7, 11) is 0. The molecule has 3 N–H and O–H groups in total. The number of benzene rings is 1. The van der Waals surface area contributed by atoms with E-state index in [0.717, 1.165) is 11.1 Å². The molecule has 0 aliphatic carbocycles. The summed E-state index contributed by atoms with van der Waals surface area (Å²) in [6.45, 7) is 4.26. The molecule has 0 saturated carbocycles. The fourth-order valence-electron chi connectivity index (χ4n) is 2.56. The molecule has 0 radical (unpaired) electrons. The van der Waals surface area contributed by atoms with Gasteiger partial charge in [0.25, 0.3) is 0 Å². The number of carboxylic acids is 1. The van der Waals surface area contributed by atoms with Crippen LogP contribution < -0.4 is 5.73 Å². The molecule has 0 saturated heterocycles. The van der Waals surface area contributed by atoms with Gasteiger partial charge in [-0.25, -0.2) is 4.79 Å². The number of nitrogens with zero attached hydrogens (tertiary/aromatic N) is 1. The van der Waals surface area contributed by atoms with Gasteiger partial charge in [-0.15, -0.1) is 0 Å². The van der Waals surface area contributed by atoms with Gasteiger partial charge in [0.1, 0.15) is 6.04 Å². The first-order chi connectivity index (χ1) is 9.90. The largest absolute Gasteiger partial charge is 0.480 e. The van der Waals surface area contributed by atoms with E-state index in [4.69, 9.17) is 5.73 Å². The van der Waals surface area contributed by atoms with Crippen LogP contribution in [0.4, 0.5) is 0 Å². The SMILES string of the molecule is CC(C)C(N)CC(=O)N1Cc2ccccc2CC1C(=O)O. The minimum absolute atomic E-state index is 0.182. The first kappa shape index (κ1) is 15.5. The minimum Gasteiger partial charge on any atom is -0.480 e. The highest BCUT2D eigenvalue weighted by molar-refractivity contribution is 5.84. The molecule has 2 unspecified atom stereocenters. The number of rotatable bonds is 4. The molecule has 2 atom stereocenters. The molecular weight excluding hydrogens is 268 g/mol. The zero-order valence-electron chi connectivity index (χ0n) is 12.5. The summed E-state index contributed by atoms with van der Waals surface area (Å²) < 4.78 is 0. The lowest BCUT2D eigenvalue weighted by molar-refractivity contribution is -0.151. The third-order valence-electron chi connectivity index (χ3n) is 4.12. The van der Waals surface area contributed by atoms with E-state index in [-0.39, 0.29) is 24.3 Å². The summed E-state index contributed by atoms with van der Waals surface area (Å²) in [5.74, 6) is -0.955. The van der Waals surface area contributed by atoms with Crippen LogP contribution in [-0.4, -0.2) is 34.0 Å². The predicted molar refractivity (Wildman–Crippen MR) is 79.6 cm³/mol. The molecule has 1 heterocycles.